The average molecular weight is 682 g/mol. The number of rotatable bonds is 4. The fraction of sp³-hybridized carbons (Fsp3) is 0.0238. The van der Waals surface area contributed by atoms with Crippen LogP contribution in [0.5, 0.6) is 0 Å². The molecule has 7 aromatic carbocycles. The van der Waals surface area contributed by atoms with Crippen LogP contribution in [0.3, 0.4) is 0 Å². The summed E-state index contributed by atoms with van der Waals surface area (Å²) >= 11 is 0.228. The molecule has 0 spiro atoms. The number of para-hydroxylation sites is 1. The second kappa shape index (κ2) is 10.9. The topological polar surface area (TPSA) is 63.8 Å². The molecule has 0 aliphatic carbocycles. The van der Waals surface area contributed by atoms with Gasteiger partial charge in [0, 0.05) is 0 Å². The SMILES string of the molecule is c1ccc(-c2nc(-c3ccc4c5c(ccc4c3)NC(c3ccc4ccccc4c3)[Se]5)nc(-c3cccc4oc5ccccc5c34)n2)cc1. The van der Waals surface area contributed by atoms with Gasteiger partial charge in [-0.05, 0) is 6.07 Å². The molecule has 1 aliphatic rings. The third kappa shape index (κ3) is 4.49. The monoisotopic (exact) mass is 682 g/mol. The number of anilines is 1. The zero-order valence-electron chi connectivity index (χ0n) is 25.6. The molecule has 1 aliphatic heterocycles. The number of aromatic nitrogens is 3. The van der Waals surface area contributed by atoms with Gasteiger partial charge in [0.2, 0.25) is 0 Å². The van der Waals surface area contributed by atoms with E-state index in [4.69, 9.17) is 19.4 Å². The summed E-state index contributed by atoms with van der Waals surface area (Å²) in [7, 11) is 0. The molecule has 10 rings (SSSR count). The van der Waals surface area contributed by atoms with Crippen molar-refractivity contribution in [2.45, 2.75) is 4.94 Å². The summed E-state index contributed by atoms with van der Waals surface area (Å²) in [4.78, 5) is 15.5. The molecule has 6 heteroatoms. The number of nitrogens with one attached hydrogen (secondary N) is 1. The zero-order chi connectivity index (χ0) is 31.6. The second-order valence-electron chi connectivity index (χ2n) is 12.1. The first kappa shape index (κ1) is 27.3. The minimum atomic E-state index is 0.228. The summed E-state index contributed by atoms with van der Waals surface area (Å²) in [6, 6.07) is 50.8. The van der Waals surface area contributed by atoms with Crippen molar-refractivity contribution in [3.63, 3.8) is 0 Å². The molecule has 48 heavy (non-hydrogen) atoms. The van der Waals surface area contributed by atoms with Gasteiger partial charge in [-0.25, -0.2) is 0 Å². The first-order chi connectivity index (χ1) is 23.7. The van der Waals surface area contributed by atoms with Crippen LogP contribution in [-0.2, 0) is 0 Å². The van der Waals surface area contributed by atoms with E-state index in [0.29, 0.717) is 22.4 Å². The molecule has 3 heterocycles. The van der Waals surface area contributed by atoms with Gasteiger partial charge in [0.15, 0.2) is 0 Å². The average Bonchev–Trinajstić information content (AvgIpc) is 3.77. The summed E-state index contributed by atoms with van der Waals surface area (Å²) in [6.07, 6.45) is 0. The van der Waals surface area contributed by atoms with E-state index in [-0.39, 0.29) is 15.0 Å². The van der Waals surface area contributed by atoms with Crippen molar-refractivity contribution in [1.82, 2.24) is 15.0 Å². The predicted octanol–water partition coefficient (Wildman–Crippen LogP) is 9.53. The van der Waals surface area contributed by atoms with Crippen LogP contribution in [0, 0.1) is 0 Å². The Kier molecular flexibility index (Phi) is 6.19. The van der Waals surface area contributed by atoms with Gasteiger partial charge in [-0.1, -0.05) is 12.1 Å². The fourth-order valence-electron chi connectivity index (χ4n) is 6.79. The molecule has 0 fully saturated rings. The van der Waals surface area contributed by atoms with Crippen LogP contribution >= 0.6 is 0 Å². The molecule has 0 amide bonds. The molecular weight excluding hydrogens is 655 g/mol. The molecule has 226 valence electrons. The second-order valence-corrected chi connectivity index (χ2v) is 14.4. The molecule has 2 aromatic heterocycles. The van der Waals surface area contributed by atoms with Crippen LogP contribution in [0.4, 0.5) is 5.69 Å². The van der Waals surface area contributed by atoms with Crippen LogP contribution in [0.15, 0.2) is 150 Å². The van der Waals surface area contributed by atoms with Crippen molar-refractivity contribution >= 4 is 68.6 Å². The number of hydrogen-bond donors (Lipinski definition) is 1. The predicted molar refractivity (Wildman–Crippen MR) is 197 cm³/mol. The number of benzene rings is 7. The van der Waals surface area contributed by atoms with Gasteiger partial charge in [-0.2, -0.15) is 0 Å². The molecule has 5 nitrogen and oxygen atoms in total. The van der Waals surface area contributed by atoms with Crippen LogP contribution in [0.1, 0.15) is 10.5 Å². The van der Waals surface area contributed by atoms with Crippen molar-refractivity contribution in [2.75, 3.05) is 5.32 Å². The number of nitrogens with zero attached hydrogens (tertiary/aromatic N) is 3. The minimum absolute atomic E-state index is 0.228. The summed E-state index contributed by atoms with van der Waals surface area (Å²) in [5.74, 6) is 1.90. The van der Waals surface area contributed by atoms with Crippen molar-refractivity contribution in [3.05, 3.63) is 151 Å². The molecule has 1 atom stereocenters. The molecule has 1 unspecified atom stereocenters. The Morgan fingerprint density at radius 2 is 1.27 bits per heavy atom. The standard InChI is InChI=1S/C42H26N4OSe/c1-2-10-26(11-3-1)39-44-40(46-41(45-39)33-14-8-16-36-37(33)32-13-6-7-15-35(32)47-36)29-19-21-31-28(24-29)20-22-34-38(31)48-42(43-34)30-18-17-25-9-4-5-12-27(25)23-30/h1-24,42-43H. The Balaban J connectivity index is 1.08. The van der Waals surface area contributed by atoms with Gasteiger partial charge in [0.05, 0.1) is 0 Å². The summed E-state index contributed by atoms with van der Waals surface area (Å²) in [6.45, 7) is 0. The normalized spacial score (nSPS) is 14.1. The van der Waals surface area contributed by atoms with Crippen LogP contribution < -0.4 is 9.78 Å². The van der Waals surface area contributed by atoms with Gasteiger partial charge >= 0.3 is 265 Å². The quantitative estimate of drug-likeness (QED) is 0.188. The Labute approximate surface area is 282 Å². The van der Waals surface area contributed by atoms with Crippen molar-refractivity contribution in [1.29, 1.82) is 0 Å². The first-order valence-corrected chi connectivity index (χ1v) is 17.8. The molecule has 0 saturated carbocycles. The molecular formula is C42H26N4OSe. The van der Waals surface area contributed by atoms with Gasteiger partial charge in [-0.3, -0.25) is 0 Å². The molecule has 0 bridgehead atoms. The van der Waals surface area contributed by atoms with E-state index in [2.05, 4.69) is 90.2 Å². The molecule has 1 N–H and O–H groups in total. The van der Waals surface area contributed by atoms with Crippen LogP contribution in [0.2, 0.25) is 0 Å². The summed E-state index contributed by atoms with van der Waals surface area (Å²) < 4.78 is 7.62. The van der Waals surface area contributed by atoms with E-state index in [9.17, 15) is 0 Å². The van der Waals surface area contributed by atoms with Crippen molar-refractivity contribution in [3.8, 4) is 34.2 Å². The van der Waals surface area contributed by atoms with Gasteiger partial charge in [0.25, 0.3) is 0 Å². The van der Waals surface area contributed by atoms with Crippen molar-refractivity contribution in [2.24, 2.45) is 0 Å². The van der Waals surface area contributed by atoms with E-state index in [1.165, 1.54) is 37.3 Å². The Hall–Kier alpha value is -5.81. The molecule has 0 saturated heterocycles. The number of furan rings is 1. The van der Waals surface area contributed by atoms with E-state index in [0.717, 1.165) is 38.6 Å². The Morgan fingerprint density at radius 1 is 0.521 bits per heavy atom. The zero-order valence-corrected chi connectivity index (χ0v) is 27.3. The van der Waals surface area contributed by atoms with Gasteiger partial charge < -0.3 is 0 Å². The maximum atomic E-state index is 6.21. The molecule has 9 aromatic rings. The summed E-state index contributed by atoms with van der Waals surface area (Å²) in [5.41, 5.74) is 7.04. The van der Waals surface area contributed by atoms with Gasteiger partial charge in [-0.15, -0.1) is 0 Å². The Bertz CT molecular complexity index is 2700. The third-order valence-electron chi connectivity index (χ3n) is 9.14. The molecule has 0 radical (unpaired) electrons. The maximum absolute atomic E-state index is 6.21. The third-order valence-corrected chi connectivity index (χ3v) is 11.9. The van der Waals surface area contributed by atoms with Crippen LogP contribution in [0.25, 0.3) is 77.6 Å². The van der Waals surface area contributed by atoms with E-state index >= 15 is 0 Å². The van der Waals surface area contributed by atoms with Crippen molar-refractivity contribution < 1.29 is 4.42 Å². The Morgan fingerprint density at radius 3 is 2.19 bits per heavy atom. The number of fused-ring (bicyclic) bond motifs is 7. The van der Waals surface area contributed by atoms with Crippen LogP contribution in [-0.4, -0.2) is 29.9 Å². The van der Waals surface area contributed by atoms with E-state index in [1.807, 2.05) is 60.7 Å². The van der Waals surface area contributed by atoms with Gasteiger partial charge in [0.1, 0.15) is 0 Å². The van der Waals surface area contributed by atoms with E-state index in [1.54, 1.807) is 0 Å². The summed E-state index contributed by atoms with van der Waals surface area (Å²) in [5, 5.41) is 10.9. The first-order valence-electron chi connectivity index (χ1n) is 16.0. The van der Waals surface area contributed by atoms with E-state index < -0.39 is 0 Å². The number of hydrogen-bond acceptors (Lipinski definition) is 5. The fourth-order valence-corrected chi connectivity index (χ4v) is 9.46.